The van der Waals surface area contributed by atoms with Crippen molar-refractivity contribution in [3.8, 4) is 0 Å². The topological polar surface area (TPSA) is 55.8 Å². The predicted octanol–water partition coefficient (Wildman–Crippen LogP) is 1.62. The van der Waals surface area contributed by atoms with Gasteiger partial charge < -0.3 is 14.4 Å². The van der Waals surface area contributed by atoms with Crippen LogP contribution in [0.2, 0.25) is 0 Å². The van der Waals surface area contributed by atoms with Gasteiger partial charge in [0.2, 0.25) is 5.91 Å². The summed E-state index contributed by atoms with van der Waals surface area (Å²) < 4.78 is 11.4. The number of carbonyl (C=O) groups is 2. The molecule has 0 aromatic rings. The number of fused-ring (bicyclic) bond motifs is 1. The van der Waals surface area contributed by atoms with E-state index < -0.39 is 17.4 Å². The van der Waals surface area contributed by atoms with Gasteiger partial charge in [-0.05, 0) is 11.8 Å². The molecule has 0 aromatic heterocycles. The lowest BCUT2D eigenvalue weighted by Gasteiger charge is -2.23. The lowest BCUT2D eigenvalue weighted by Crippen LogP contribution is -2.40. The predicted molar refractivity (Wildman–Crippen MR) is 80.9 cm³/mol. The van der Waals surface area contributed by atoms with Crippen LogP contribution in [0.15, 0.2) is 12.2 Å². The van der Waals surface area contributed by atoms with E-state index in [1.165, 1.54) is 0 Å². The first kappa shape index (κ1) is 15.5. The Balaban J connectivity index is 1.79. The minimum atomic E-state index is -0.613. The van der Waals surface area contributed by atoms with Gasteiger partial charge in [-0.2, -0.15) is 0 Å². The van der Waals surface area contributed by atoms with Crippen molar-refractivity contribution >= 4 is 11.9 Å². The van der Waals surface area contributed by atoms with Gasteiger partial charge in [-0.25, -0.2) is 0 Å². The standard InChI is InChI=1S/C17H25NO4/c1-10(2)7-18-9-17-6-5-12(22-17)13(14(17)15(18)19)16(20)21-8-11(3)4/h5-6,10-14H,7-9H2,1-4H3. The normalized spacial score (nSPS) is 35.8. The third-order valence-electron chi connectivity index (χ3n) is 4.60. The minimum absolute atomic E-state index is 0.0343. The molecule has 2 bridgehead atoms. The largest absolute Gasteiger partial charge is 0.465 e. The molecule has 5 heteroatoms. The second kappa shape index (κ2) is 5.37. The number of hydrogen-bond acceptors (Lipinski definition) is 4. The van der Waals surface area contributed by atoms with Crippen LogP contribution in [0.4, 0.5) is 0 Å². The molecule has 3 heterocycles. The van der Waals surface area contributed by atoms with Gasteiger partial charge in [0.25, 0.3) is 0 Å². The number of carbonyl (C=O) groups excluding carboxylic acids is 2. The van der Waals surface area contributed by atoms with Gasteiger partial charge in [-0.15, -0.1) is 0 Å². The zero-order valence-corrected chi connectivity index (χ0v) is 13.7. The van der Waals surface area contributed by atoms with Crippen LogP contribution in [-0.4, -0.2) is 48.2 Å². The van der Waals surface area contributed by atoms with Crippen molar-refractivity contribution in [1.82, 2.24) is 4.90 Å². The van der Waals surface area contributed by atoms with Crippen molar-refractivity contribution in [2.45, 2.75) is 39.4 Å². The van der Waals surface area contributed by atoms with Crippen molar-refractivity contribution < 1.29 is 19.1 Å². The molecular formula is C17H25NO4. The molecule has 2 fully saturated rings. The molecule has 1 amide bonds. The van der Waals surface area contributed by atoms with Gasteiger partial charge in [0.15, 0.2) is 0 Å². The number of amides is 1. The minimum Gasteiger partial charge on any atom is -0.465 e. The van der Waals surface area contributed by atoms with E-state index in [4.69, 9.17) is 9.47 Å². The molecule has 0 radical (unpaired) electrons. The zero-order chi connectivity index (χ0) is 16.1. The van der Waals surface area contributed by atoms with Crippen LogP contribution >= 0.6 is 0 Å². The Morgan fingerprint density at radius 2 is 2.14 bits per heavy atom. The highest BCUT2D eigenvalue weighted by Crippen LogP contribution is 2.52. The lowest BCUT2D eigenvalue weighted by atomic mass is 9.77. The van der Waals surface area contributed by atoms with Crippen molar-refractivity contribution in [1.29, 1.82) is 0 Å². The Morgan fingerprint density at radius 1 is 1.41 bits per heavy atom. The third kappa shape index (κ3) is 2.35. The maximum absolute atomic E-state index is 12.8. The van der Waals surface area contributed by atoms with E-state index in [9.17, 15) is 9.59 Å². The van der Waals surface area contributed by atoms with E-state index in [0.29, 0.717) is 25.6 Å². The van der Waals surface area contributed by atoms with E-state index in [0.717, 1.165) is 0 Å². The van der Waals surface area contributed by atoms with E-state index in [-0.39, 0.29) is 23.9 Å². The molecule has 0 saturated carbocycles. The van der Waals surface area contributed by atoms with Crippen LogP contribution in [0.25, 0.3) is 0 Å². The first-order valence-corrected chi connectivity index (χ1v) is 8.16. The summed E-state index contributed by atoms with van der Waals surface area (Å²) in [5.74, 6) is -0.493. The van der Waals surface area contributed by atoms with Crippen molar-refractivity contribution in [3.63, 3.8) is 0 Å². The highest BCUT2D eigenvalue weighted by molar-refractivity contribution is 5.91. The van der Waals surface area contributed by atoms with Crippen LogP contribution < -0.4 is 0 Å². The van der Waals surface area contributed by atoms with Crippen molar-refractivity contribution in [2.24, 2.45) is 23.7 Å². The summed E-state index contributed by atoms with van der Waals surface area (Å²) >= 11 is 0. The number of rotatable bonds is 5. The smallest absolute Gasteiger partial charge is 0.312 e. The second-order valence-corrected chi connectivity index (χ2v) is 7.54. The van der Waals surface area contributed by atoms with E-state index in [2.05, 4.69) is 13.8 Å². The Hall–Kier alpha value is -1.36. The molecular weight excluding hydrogens is 282 g/mol. The van der Waals surface area contributed by atoms with Gasteiger partial charge in [0.05, 0.1) is 25.2 Å². The van der Waals surface area contributed by atoms with Gasteiger partial charge in [-0.3, -0.25) is 9.59 Å². The Morgan fingerprint density at radius 3 is 2.77 bits per heavy atom. The first-order chi connectivity index (χ1) is 10.3. The van der Waals surface area contributed by atoms with Crippen LogP contribution in [0.3, 0.4) is 0 Å². The van der Waals surface area contributed by atoms with Gasteiger partial charge in [0, 0.05) is 6.54 Å². The molecule has 0 aromatic carbocycles. The molecule has 4 unspecified atom stereocenters. The molecule has 122 valence electrons. The summed E-state index contributed by atoms with van der Waals surface area (Å²) in [5, 5.41) is 0. The highest BCUT2D eigenvalue weighted by Gasteiger charge is 2.67. The maximum Gasteiger partial charge on any atom is 0.312 e. The quantitative estimate of drug-likeness (QED) is 0.572. The fourth-order valence-corrected chi connectivity index (χ4v) is 3.79. The Labute approximate surface area is 131 Å². The van der Waals surface area contributed by atoms with Gasteiger partial charge in [-0.1, -0.05) is 39.8 Å². The van der Waals surface area contributed by atoms with E-state index in [1.807, 2.05) is 30.9 Å². The van der Waals surface area contributed by atoms with E-state index in [1.54, 1.807) is 0 Å². The van der Waals surface area contributed by atoms with Crippen LogP contribution in [-0.2, 0) is 19.1 Å². The molecule has 5 nitrogen and oxygen atoms in total. The van der Waals surface area contributed by atoms with Crippen LogP contribution in [0.1, 0.15) is 27.7 Å². The van der Waals surface area contributed by atoms with Gasteiger partial charge >= 0.3 is 5.97 Å². The molecule has 3 aliphatic heterocycles. The molecule has 22 heavy (non-hydrogen) atoms. The fourth-order valence-electron chi connectivity index (χ4n) is 3.79. The van der Waals surface area contributed by atoms with Crippen molar-refractivity contribution in [2.75, 3.05) is 19.7 Å². The van der Waals surface area contributed by atoms with Crippen LogP contribution in [0.5, 0.6) is 0 Å². The molecule has 0 N–H and O–H groups in total. The average Bonchev–Trinajstić information content (AvgIpc) is 3.04. The average molecular weight is 307 g/mol. The number of esters is 1. The third-order valence-corrected chi connectivity index (χ3v) is 4.60. The Bertz CT molecular complexity index is 513. The SMILES string of the molecule is CC(C)COC(=O)C1C2C=CC3(CN(CC(C)C)C(=O)C13)O2. The fraction of sp³-hybridized carbons (Fsp3) is 0.765. The summed E-state index contributed by atoms with van der Waals surface area (Å²) in [4.78, 5) is 27.0. The molecule has 3 rings (SSSR count). The molecule has 2 saturated heterocycles. The number of ether oxygens (including phenoxy) is 2. The van der Waals surface area contributed by atoms with Gasteiger partial charge in [0.1, 0.15) is 11.5 Å². The summed E-state index contributed by atoms with van der Waals surface area (Å²) in [6, 6.07) is 0. The molecule has 1 spiro atoms. The second-order valence-electron chi connectivity index (χ2n) is 7.54. The Kier molecular flexibility index (Phi) is 3.79. The highest BCUT2D eigenvalue weighted by atomic mass is 16.6. The van der Waals surface area contributed by atoms with E-state index >= 15 is 0 Å². The summed E-state index contributed by atoms with van der Waals surface area (Å²) in [6.45, 7) is 9.80. The molecule has 3 aliphatic rings. The molecule has 4 atom stereocenters. The molecule has 0 aliphatic carbocycles. The number of nitrogens with zero attached hydrogens (tertiary/aromatic N) is 1. The number of hydrogen-bond donors (Lipinski definition) is 0. The maximum atomic E-state index is 12.8. The lowest BCUT2D eigenvalue weighted by molar-refractivity contribution is -0.154. The van der Waals surface area contributed by atoms with Crippen molar-refractivity contribution in [3.05, 3.63) is 12.2 Å². The first-order valence-electron chi connectivity index (χ1n) is 8.16. The summed E-state index contributed by atoms with van der Waals surface area (Å²) in [7, 11) is 0. The summed E-state index contributed by atoms with van der Waals surface area (Å²) in [6.07, 6.45) is 3.59. The zero-order valence-electron chi connectivity index (χ0n) is 13.7. The summed E-state index contributed by atoms with van der Waals surface area (Å²) in [5.41, 5.74) is -0.613. The number of likely N-dealkylation sites (tertiary alicyclic amines) is 1. The monoisotopic (exact) mass is 307 g/mol. The van der Waals surface area contributed by atoms with Crippen LogP contribution in [0, 0.1) is 23.7 Å².